The van der Waals surface area contributed by atoms with Gasteiger partial charge in [0.25, 0.3) is 0 Å². The monoisotopic (exact) mass is 510 g/mol. The van der Waals surface area contributed by atoms with Crippen molar-refractivity contribution in [2.45, 2.75) is 58.6 Å². The van der Waals surface area contributed by atoms with Crippen molar-refractivity contribution in [3.05, 3.63) is 91.0 Å². The van der Waals surface area contributed by atoms with Crippen LogP contribution >= 0.6 is 0 Å². The minimum Gasteiger partial charge on any atom is -0.458 e. The van der Waals surface area contributed by atoms with E-state index in [4.69, 9.17) is 14.6 Å². The molecule has 0 atom stereocenters. The zero-order valence-corrected chi connectivity index (χ0v) is 22.7. The normalized spacial score (nSPS) is 11.4. The molecule has 0 bridgehead atoms. The highest BCUT2D eigenvalue weighted by molar-refractivity contribution is 5.91. The van der Waals surface area contributed by atoms with Gasteiger partial charge in [0.15, 0.2) is 0 Å². The van der Waals surface area contributed by atoms with Crippen LogP contribution in [0.2, 0.25) is 0 Å². The fraction of sp³-hybridized carbons (Fsp3) is 0.333. The molecule has 0 saturated carbocycles. The van der Waals surface area contributed by atoms with Crippen molar-refractivity contribution in [2.24, 2.45) is 0 Å². The van der Waals surface area contributed by atoms with E-state index in [0.717, 1.165) is 54.7 Å². The van der Waals surface area contributed by atoms with Crippen LogP contribution < -0.4 is 0 Å². The Balaban J connectivity index is 1.45. The Kier molecular flexibility index (Phi) is 9.50. The molecule has 0 radical (unpaired) electrons. The molecule has 0 fully saturated rings. The minimum absolute atomic E-state index is 0.00944. The molecule has 38 heavy (non-hydrogen) atoms. The number of carbonyl (C=O) groups is 1. The van der Waals surface area contributed by atoms with Crippen LogP contribution in [0.25, 0.3) is 33.6 Å². The van der Waals surface area contributed by atoms with Crippen LogP contribution in [0.1, 0.15) is 46.5 Å². The Morgan fingerprint density at radius 1 is 0.737 bits per heavy atom. The number of hydrogen-bond acceptors (Lipinski definition) is 4. The average Bonchev–Trinajstić information content (AvgIpc) is 3.30. The standard InChI is InChI=1S/C33H38N2O3/c1-33(2,3)38-29(36)25-37-24-16-5-4-15-23-35-32(28-21-13-8-14-22-28)30(26-17-9-6-10-18-26)31(34-35)27-19-11-7-12-20-27/h6-14,17-22H,4-5,15-16,23-25H2,1-3H3. The third-order valence-corrected chi connectivity index (χ3v) is 6.16. The van der Waals surface area contributed by atoms with Crippen LogP contribution in [0.5, 0.6) is 0 Å². The fourth-order valence-corrected chi connectivity index (χ4v) is 4.54. The summed E-state index contributed by atoms with van der Waals surface area (Å²) in [6.45, 7) is 6.98. The molecule has 0 saturated heterocycles. The second kappa shape index (κ2) is 13.2. The lowest BCUT2D eigenvalue weighted by molar-refractivity contribution is -0.160. The van der Waals surface area contributed by atoms with Gasteiger partial charge in [0, 0.05) is 29.8 Å². The Bertz CT molecular complexity index is 1280. The zero-order valence-electron chi connectivity index (χ0n) is 22.7. The maximum atomic E-state index is 11.8. The molecule has 4 rings (SSSR count). The topological polar surface area (TPSA) is 53.4 Å². The maximum Gasteiger partial charge on any atom is 0.332 e. The SMILES string of the molecule is CC(C)(C)OC(=O)COCCCCCCn1nc(-c2ccccc2)c(-c2ccccc2)c1-c1ccccc1. The summed E-state index contributed by atoms with van der Waals surface area (Å²) < 4.78 is 13.0. The van der Waals surface area contributed by atoms with Gasteiger partial charge in [-0.3, -0.25) is 4.68 Å². The Hall–Kier alpha value is -3.70. The summed E-state index contributed by atoms with van der Waals surface area (Å²) in [6.07, 6.45) is 4.02. The number of aryl methyl sites for hydroxylation is 1. The summed E-state index contributed by atoms with van der Waals surface area (Å²) in [5.74, 6) is -0.312. The summed E-state index contributed by atoms with van der Waals surface area (Å²) in [5, 5.41) is 5.17. The lowest BCUT2D eigenvalue weighted by Gasteiger charge is -2.19. The zero-order chi connectivity index (χ0) is 26.8. The molecular weight excluding hydrogens is 472 g/mol. The number of rotatable bonds is 12. The predicted octanol–water partition coefficient (Wildman–Crippen LogP) is 7.80. The molecule has 5 nitrogen and oxygen atoms in total. The van der Waals surface area contributed by atoms with Crippen molar-refractivity contribution in [3.63, 3.8) is 0 Å². The molecule has 0 aliphatic heterocycles. The molecule has 0 N–H and O–H groups in total. The number of hydrogen-bond donors (Lipinski definition) is 0. The third-order valence-electron chi connectivity index (χ3n) is 6.16. The van der Waals surface area contributed by atoms with Crippen molar-refractivity contribution in [1.82, 2.24) is 9.78 Å². The minimum atomic E-state index is -0.480. The molecule has 0 spiro atoms. The summed E-state index contributed by atoms with van der Waals surface area (Å²) in [6, 6.07) is 31.5. The molecule has 0 unspecified atom stereocenters. The summed E-state index contributed by atoms with van der Waals surface area (Å²) in [7, 11) is 0. The lowest BCUT2D eigenvalue weighted by atomic mass is 9.96. The van der Waals surface area contributed by atoms with Gasteiger partial charge < -0.3 is 9.47 Å². The number of ether oxygens (including phenoxy) is 2. The van der Waals surface area contributed by atoms with E-state index >= 15 is 0 Å². The molecule has 1 aromatic heterocycles. The van der Waals surface area contributed by atoms with E-state index in [-0.39, 0.29) is 12.6 Å². The molecule has 1 heterocycles. The summed E-state index contributed by atoms with van der Waals surface area (Å²) in [4.78, 5) is 11.8. The van der Waals surface area contributed by atoms with Crippen LogP contribution in [-0.4, -0.2) is 34.6 Å². The van der Waals surface area contributed by atoms with E-state index in [1.165, 1.54) is 11.1 Å². The van der Waals surface area contributed by atoms with Gasteiger partial charge in [-0.25, -0.2) is 4.79 Å². The highest BCUT2D eigenvalue weighted by Crippen LogP contribution is 2.40. The van der Waals surface area contributed by atoms with E-state index in [2.05, 4.69) is 89.6 Å². The summed E-state index contributed by atoms with van der Waals surface area (Å²) in [5.41, 5.74) is 6.28. The van der Waals surface area contributed by atoms with Gasteiger partial charge in [0.2, 0.25) is 0 Å². The van der Waals surface area contributed by atoms with E-state index in [1.54, 1.807) is 0 Å². The Morgan fingerprint density at radius 2 is 1.29 bits per heavy atom. The Labute approximate surface area is 226 Å². The third kappa shape index (κ3) is 7.65. The first-order valence-electron chi connectivity index (χ1n) is 13.5. The molecular formula is C33H38N2O3. The average molecular weight is 511 g/mol. The lowest BCUT2D eigenvalue weighted by Crippen LogP contribution is -2.26. The van der Waals surface area contributed by atoms with Crippen molar-refractivity contribution >= 4 is 5.97 Å². The van der Waals surface area contributed by atoms with Gasteiger partial charge in [-0.1, -0.05) is 104 Å². The molecule has 4 aromatic rings. The molecule has 0 aliphatic rings. The van der Waals surface area contributed by atoms with Crippen molar-refractivity contribution in [1.29, 1.82) is 0 Å². The van der Waals surface area contributed by atoms with Gasteiger partial charge in [0.05, 0.1) is 5.69 Å². The van der Waals surface area contributed by atoms with Crippen molar-refractivity contribution in [2.75, 3.05) is 13.2 Å². The second-order valence-corrected chi connectivity index (χ2v) is 10.4. The number of esters is 1. The number of benzene rings is 3. The van der Waals surface area contributed by atoms with Gasteiger partial charge in [-0.15, -0.1) is 0 Å². The van der Waals surface area contributed by atoms with Crippen LogP contribution in [0, 0.1) is 0 Å². The highest BCUT2D eigenvalue weighted by atomic mass is 16.6. The largest absolute Gasteiger partial charge is 0.458 e. The van der Waals surface area contributed by atoms with E-state index in [9.17, 15) is 4.79 Å². The van der Waals surface area contributed by atoms with Gasteiger partial charge >= 0.3 is 5.97 Å². The molecule has 3 aromatic carbocycles. The van der Waals surface area contributed by atoms with Crippen LogP contribution in [0.4, 0.5) is 0 Å². The molecule has 198 valence electrons. The smallest absolute Gasteiger partial charge is 0.332 e. The number of unbranched alkanes of at least 4 members (excludes halogenated alkanes) is 3. The van der Waals surface area contributed by atoms with Gasteiger partial charge in [-0.05, 0) is 39.2 Å². The van der Waals surface area contributed by atoms with Crippen LogP contribution in [-0.2, 0) is 20.8 Å². The van der Waals surface area contributed by atoms with E-state index in [0.29, 0.717) is 6.61 Å². The fourth-order valence-electron chi connectivity index (χ4n) is 4.54. The quantitative estimate of drug-likeness (QED) is 0.144. The molecule has 0 amide bonds. The van der Waals surface area contributed by atoms with E-state index < -0.39 is 5.60 Å². The van der Waals surface area contributed by atoms with Crippen LogP contribution in [0.3, 0.4) is 0 Å². The van der Waals surface area contributed by atoms with E-state index in [1.807, 2.05) is 26.8 Å². The number of nitrogens with zero attached hydrogens (tertiary/aromatic N) is 2. The van der Waals surface area contributed by atoms with Crippen LogP contribution in [0.15, 0.2) is 91.0 Å². The highest BCUT2D eigenvalue weighted by Gasteiger charge is 2.21. The van der Waals surface area contributed by atoms with Crippen molar-refractivity contribution in [3.8, 4) is 33.6 Å². The first-order chi connectivity index (χ1) is 18.4. The van der Waals surface area contributed by atoms with Gasteiger partial charge in [0.1, 0.15) is 17.9 Å². The predicted molar refractivity (Wildman–Crippen MR) is 154 cm³/mol. The first-order valence-corrected chi connectivity index (χ1v) is 13.5. The summed E-state index contributed by atoms with van der Waals surface area (Å²) >= 11 is 0. The maximum absolute atomic E-state index is 11.8. The Morgan fingerprint density at radius 3 is 1.89 bits per heavy atom. The van der Waals surface area contributed by atoms with Crippen molar-refractivity contribution < 1.29 is 14.3 Å². The number of carbonyl (C=O) groups excluding carboxylic acids is 1. The number of aromatic nitrogens is 2. The van der Waals surface area contributed by atoms with Gasteiger partial charge in [-0.2, -0.15) is 5.10 Å². The molecule has 5 heteroatoms. The first kappa shape index (κ1) is 27.3. The second-order valence-electron chi connectivity index (χ2n) is 10.4. The molecule has 0 aliphatic carbocycles.